The van der Waals surface area contributed by atoms with Gasteiger partial charge in [-0.15, -0.1) is 0 Å². The number of hydrogen-bond acceptors (Lipinski definition) is 3. The third-order valence-corrected chi connectivity index (χ3v) is 4.29. The normalized spacial score (nSPS) is 10.8. The van der Waals surface area contributed by atoms with Crippen LogP contribution in [0, 0.1) is 0 Å². The summed E-state index contributed by atoms with van der Waals surface area (Å²) < 4.78 is 0. The predicted octanol–water partition coefficient (Wildman–Crippen LogP) is 3.74. The fraction of sp³-hybridized carbons (Fsp3) is 0. The zero-order chi connectivity index (χ0) is 18.1. The molecule has 4 aromatic rings. The van der Waals surface area contributed by atoms with Crippen LogP contribution in [0.1, 0.15) is 20.7 Å². The molecule has 2 amide bonds. The number of hydrogen-bond donors (Lipinski definition) is 2. The van der Waals surface area contributed by atoms with Crippen molar-refractivity contribution in [3.05, 3.63) is 84.1 Å². The first-order valence-electron chi connectivity index (χ1n) is 8.11. The first-order chi connectivity index (χ1) is 12.6. The summed E-state index contributed by atoms with van der Waals surface area (Å²) in [5, 5.41) is 5.81. The van der Waals surface area contributed by atoms with E-state index >= 15 is 0 Å². The Bertz CT molecular complexity index is 1150. The van der Waals surface area contributed by atoms with E-state index in [0.717, 1.165) is 16.2 Å². The number of fused-ring (bicyclic) bond motifs is 3. The number of aromatic nitrogens is 1. The molecular formula is C21H15N3O2. The van der Waals surface area contributed by atoms with Crippen molar-refractivity contribution in [2.45, 2.75) is 0 Å². The predicted molar refractivity (Wildman–Crippen MR) is 102 cm³/mol. The van der Waals surface area contributed by atoms with E-state index in [2.05, 4.69) is 10.3 Å². The summed E-state index contributed by atoms with van der Waals surface area (Å²) in [7, 11) is 0. The lowest BCUT2D eigenvalue weighted by Crippen LogP contribution is -2.14. The van der Waals surface area contributed by atoms with Crippen LogP contribution in [0.25, 0.3) is 21.7 Å². The van der Waals surface area contributed by atoms with Crippen molar-refractivity contribution in [2.24, 2.45) is 5.73 Å². The molecule has 5 heteroatoms. The molecule has 26 heavy (non-hydrogen) atoms. The highest BCUT2D eigenvalue weighted by molar-refractivity contribution is 6.18. The van der Waals surface area contributed by atoms with Gasteiger partial charge in [0.05, 0.1) is 11.1 Å². The zero-order valence-corrected chi connectivity index (χ0v) is 13.8. The van der Waals surface area contributed by atoms with Crippen LogP contribution < -0.4 is 11.1 Å². The quantitative estimate of drug-likeness (QED) is 0.557. The van der Waals surface area contributed by atoms with E-state index in [4.69, 9.17) is 5.73 Å². The largest absolute Gasteiger partial charge is 0.366 e. The van der Waals surface area contributed by atoms with Crippen LogP contribution in [0.3, 0.4) is 0 Å². The van der Waals surface area contributed by atoms with Gasteiger partial charge in [0.15, 0.2) is 0 Å². The highest BCUT2D eigenvalue weighted by Crippen LogP contribution is 2.27. The molecule has 0 atom stereocenters. The fourth-order valence-electron chi connectivity index (χ4n) is 3.02. The molecule has 0 radical (unpaired) electrons. The van der Waals surface area contributed by atoms with Crippen molar-refractivity contribution in [1.29, 1.82) is 0 Å². The molecule has 0 aliphatic carbocycles. The SMILES string of the molecule is NC(=O)c1ccc(NC(=O)c2cc3ccccc3c3cccnc23)cc1. The highest BCUT2D eigenvalue weighted by Gasteiger charge is 2.14. The van der Waals surface area contributed by atoms with Crippen molar-refractivity contribution in [3.8, 4) is 0 Å². The molecule has 0 unspecified atom stereocenters. The molecule has 0 saturated carbocycles. The lowest BCUT2D eigenvalue weighted by molar-refractivity contribution is 0.0998. The number of amides is 2. The van der Waals surface area contributed by atoms with Crippen molar-refractivity contribution in [2.75, 3.05) is 5.32 Å². The van der Waals surface area contributed by atoms with Gasteiger partial charge in [-0.2, -0.15) is 0 Å². The maximum Gasteiger partial charge on any atom is 0.257 e. The molecule has 1 heterocycles. The first-order valence-corrected chi connectivity index (χ1v) is 8.11. The monoisotopic (exact) mass is 341 g/mol. The van der Waals surface area contributed by atoms with Crippen LogP contribution >= 0.6 is 0 Å². The Morgan fingerprint density at radius 2 is 1.62 bits per heavy atom. The van der Waals surface area contributed by atoms with Crippen LogP contribution in [-0.2, 0) is 0 Å². The topological polar surface area (TPSA) is 85.1 Å². The molecule has 126 valence electrons. The van der Waals surface area contributed by atoms with Gasteiger partial charge in [-0.3, -0.25) is 14.6 Å². The molecule has 3 N–H and O–H groups in total. The van der Waals surface area contributed by atoms with E-state index in [9.17, 15) is 9.59 Å². The maximum absolute atomic E-state index is 12.8. The molecule has 4 rings (SSSR count). The molecular weight excluding hydrogens is 326 g/mol. The van der Waals surface area contributed by atoms with Crippen molar-refractivity contribution >= 4 is 39.2 Å². The van der Waals surface area contributed by atoms with E-state index in [0.29, 0.717) is 22.3 Å². The number of primary amides is 1. The number of nitrogens with two attached hydrogens (primary N) is 1. The van der Waals surface area contributed by atoms with E-state index in [1.807, 2.05) is 42.5 Å². The molecule has 0 fully saturated rings. The average Bonchev–Trinajstić information content (AvgIpc) is 2.67. The number of pyridine rings is 1. The van der Waals surface area contributed by atoms with Gasteiger partial charge >= 0.3 is 0 Å². The molecule has 0 aliphatic rings. The second kappa shape index (κ2) is 6.29. The molecule has 0 saturated heterocycles. The Kier molecular flexibility index (Phi) is 3.82. The minimum atomic E-state index is -0.507. The summed E-state index contributed by atoms with van der Waals surface area (Å²) in [5.74, 6) is -0.765. The molecule has 1 aromatic heterocycles. The highest BCUT2D eigenvalue weighted by atomic mass is 16.2. The summed E-state index contributed by atoms with van der Waals surface area (Å²) >= 11 is 0. The lowest BCUT2D eigenvalue weighted by Gasteiger charge is -2.10. The average molecular weight is 341 g/mol. The third kappa shape index (κ3) is 2.75. The van der Waals surface area contributed by atoms with E-state index in [1.54, 1.807) is 30.5 Å². The number of nitrogens with one attached hydrogen (secondary N) is 1. The minimum absolute atomic E-state index is 0.258. The second-order valence-electron chi connectivity index (χ2n) is 5.94. The van der Waals surface area contributed by atoms with Gasteiger partial charge in [0, 0.05) is 22.8 Å². The smallest absolute Gasteiger partial charge is 0.257 e. The van der Waals surface area contributed by atoms with Crippen molar-refractivity contribution in [1.82, 2.24) is 4.98 Å². The van der Waals surface area contributed by atoms with E-state index < -0.39 is 5.91 Å². The van der Waals surface area contributed by atoms with Gasteiger partial charge in [-0.1, -0.05) is 30.3 Å². The Hall–Kier alpha value is -3.73. The summed E-state index contributed by atoms with van der Waals surface area (Å²) in [4.78, 5) is 28.4. The Balaban J connectivity index is 1.77. The second-order valence-corrected chi connectivity index (χ2v) is 5.94. The third-order valence-electron chi connectivity index (χ3n) is 4.29. The number of rotatable bonds is 3. The minimum Gasteiger partial charge on any atom is -0.366 e. The Morgan fingerprint density at radius 1 is 0.885 bits per heavy atom. The maximum atomic E-state index is 12.8. The summed E-state index contributed by atoms with van der Waals surface area (Å²) in [6, 6.07) is 20.0. The summed E-state index contributed by atoms with van der Waals surface area (Å²) in [6.07, 6.45) is 1.68. The zero-order valence-electron chi connectivity index (χ0n) is 13.8. The van der Waals surface area contributed by atoms with Crippen LogP contribution in [-0.4, -0.2) is 16.8 Å². The number of carbonyl (C=O) groups excluding carboxylic acids is 2. The molecule has 0 aliphatic heterocycles. The van der Waals surface area contributed by atoms with Crippen molar-refractivity contribution < 1.29 is 9.59 Å². The van der Waals surface area contributed by atoms with Crippen LogP contribution in [0.2, 0.25) is 0 Å². The number of benzene rings is 3. The number of nitrogens with zero attached hydrogens (tertiary/aromatic N) is 1. The number of anilines is 1. The summed E-state index contributed by atoms with van der Waals surface area (Å²) in [6.45, 7) is 0. The van der Waals surface area contributed by atoms with Gasteiger partial charge in [0.2, 0.25) is 5.91 Å². The molecule has 5 nitrogen and oxygen atoms in total. The van der Waals surface area contributed by atoms with Gasteiger partial charge in [0.25, 0.3) is 5.91 Å². The van der Waals surface area contributed by atoms with Gasteiger partial charge in [-0.05, 0) is 47.2 Å². The fourth-order valence-corrected chi connectivity index (χ4v) is 3.02. The Morgan fingerprint density at radius 3 is 2.38 bits per heavy atom. The van der Waals surface area contributed by atoms with Crippen LogP contribution in [0.4, 0.5) is 5.69 Å². The standard InChI is InChI=1S/C21H15N3O2/c22-20(25)13-7-9-15(10-8-13)24-21(26)18-12-14-4-1-2-5-16(14)17-6-3-11-23-19(17)18/h1-12H,(H2,22,25)(H,24,26). The van der Waals surface area contributed by atoms with Gasteiger partial charge in [0.1, 0.15) is 0 Å². The van der Waals surface area contributed by atoms with E-state index in [-0.39, 0.29) is 5.91 Å². The van der Waals surface area contributed by atoms with Gasteiger partial charge < -0.3 is 11.1 Å². The van der Waals surface area contributed by atoms with Gasteiger partial charge in [-0.25, -0.2) is 0 Å². The van der Waals surface area contributed by atoms with Crippen LogP contribution in [0.15, 0.2) is 72.9 Å². The Labute approximate surface area is 149 Å². The van der Waals surface area contributed by atoms with E-state index in [1.165, 1.54) is 0 Å². The van der Waals surface area contributed by atoms with Crippen molar-refractivity contribution in [3.63, 3.8) is 0 Å². The molecule has 0 spiro atoms. The summed E-state index contributed by atoms with van der Waals surface area (Å²) in [5.41, 5.74) is 7.36. The molecule has 0 bridgehead atoms. The number of carbonyl (C=O) groups is 2. The first kappa shape index (κ1) is 15.8. The van der Waals surface area contributed by atoms with Crippen LogP contribution in [0.5, 0.6) is 0 Å². The molecule has 3 aromatic carbocycles. The lowest BCUT2D eigenvalue weighted by atomic mass is 10.0.